The lowest BCUT2D eigenvalue weighted by Gasteiger charge is -2.08. The Morgan fingerprint density at radius 1 is 1.07 bits per heavy atom. The molecule has 6 nitrogen and oxygen atoms in total. The summed E-state index contributed by atoms with van der Waals surface area (Å²) in [6.45, 7) is 2.41. The van der Waals surface area contributed by atoms with E-state index in [-0.39, 0.29) is 11.7 Å². The fourth-order valence-corrected chi connectivity index (χ4v) is 3.65. The van der Waals surface area contributed by atoms with Crippen molar-refractivity contribution in [3.05, 3.63) is 78.1 Å². The van der Waals surface area contributed by atoms with Crippen molar-refractivity contribution in [2.75, 3.05) is 11.1 Å². The molecule has 0 fully saturated rings. The van der Waals surface area contributed by atoms with Gasteiger partial charge in [-0.3, -0.25) is 9.89 Å². The Hall–Kier alpha value is -3.32. The van der Waals surface area contributed by atoms with Gasteiger partial charge in [0.1, 0.15) is 12.4 Å². The van der Waals surface area contributed by atoms with E-state index < -0.39 is 0 Å². The third kappa shape index (κ3) is 4.99. The molecular formula is C23H22N4O2S. The predicted molar refractivity (Wildman–Crippen MR) is 120 cm³/mol. The van der Waals surface area contributed by atoms with E-state index in [9.17, 15) is 4.79 Å². The summed E-state index contributed by atoms with van der Waals surface area (Å²) in [6.07, 6.45) is 0.997. The van der Waals surface area contributed by atoms with E-state index in [1.807, 2.05) is 66.7 Å². The van der Waals surface area contributed by atoms with Crippen LogP contribution in [-0.4, -0.2) is 26.8 Å². The number of ether oxygens (including phenoxy) is 1. The smallest absolute Gasteiger partial charge is 0.234 e. The summed E-state index contributed by atoms with van der Waals surface area (Å²) in [5.41, 5.74) is 2.07. The summed E-state index contributed by atoms with van der Waals surface area (Å²) < 4.78 is 5.73. The first-order chi connectivity index (χ1) is 14.7. The fraction of sp³-hybridized carbons (Fsp3) is 0.174. The van der Waals surface area contributed by atoms with Crippen LogP contribution in [0.4, 0.5) is 5.69 Å². The van der Waals surface area contributed by atoms with Crippen LogP contribution in [0.15, 0.2) is 71.9 Å². The van der Waals surface area contributed by atoms with Crippen molar-refractivity contribution in [2.24, 2.45) is 0 Å². The Labute approximate surface area is 179 Å². The molecule has 0 aliphatic carbocycles. The number of hydrogen-bond donors (Lipinski definition) is 2. The van der Waals surface area contributed by atoms with E-state index in [2.05, 4.69) is 27.4 Å². The second-order valence-electron chi connectivity index (χ2n) is 6.71. The monoisotopic (exact) mass is 418 g/mol. The Kier molecular flexibility index (Phi) is 6.29. The molecule has 0 spiro atoms. The minimum atomic E-state index is -0.102. The van der Waals surface area contributed by atoms with Gasteiger partial charge in [0.25, 0.3) is 0 Å². The second kappa shape index (κ2) is 9.45. The highest BCUT2D eigenvalue weighted by atomic mass is 32.2. The van der Waals surface area contributed by atoms with Crippen LogP contribution in [0.2, 0.25) is 0 Å². The lowest BCUT2D eigenvalue weighted by Crippen LogP contribution is -2.14. The first-order valence-electron chi connectivity index (χ1n) is 9.74. The van der Waals surface area contributed by atoms with Crippen LogP contribution in [0.3, 0.4) is 0 Å². The number of benzene rings is 3. The molecule has 3 aromatic carbocycles. The maximum Gasteiger partial charge on any atom is 0.234 e. The van der Waals surface area contributed by atoms with Gasteiger partial charge in [-0.15, -0.1) is 5.10 Å². The molecule has 0 bridgehead atoms. The van der Waals surface area contributed by atoms with E-state index in [1.54, 1.807) is 0 Å². The van der Waals surface area contributed by atoms with Gasteiger partial charge >= 0.3 is 0 Å². The molecule has 1 heterocycles. The molecule has 0 aliphatic rings. The molecule has 1 aromatic heterocycles. The predicted octanol–water partition coefficient (Wildman–Crippen LogP) is 4.83. The molecule has 0 aliphatic heterocycles. The average molecular weight is 419 g/mol. The van der Waals surface area contributed by atoms with Crippen molar-refractivity contribution < 1.29 is 9.53 Å². The standard InChI is InChI=1S/C23H22N4O2S/c1-2-16-10-12-18(13-11-16)29-14-21-25-23(27-26-21)30-15-22(28)24-20-9-5-7-17-6-3-4-8-19(17)20/h3-13H,2,14-15H2,1H3,(H,24,28)(H,25,26,27). The molecule has 2 N–H and O–H groups in total. The highest BCUT2D eigenvalue weighted by Crippen LogP contribution is 2.23. The van der Waals surface area contributed by atoms with Gasteiger partial charge in [-0.1, -0.05) is 67.2 Å². The van der Waals surface area contributed by atoms with Crippen LogP contribution in [0.5, 0.6) is 5.75 Å². The van der Waals surface area contributed by atoms with Crippen LogP contribution in [0, 0.1) is 0 Å². The van der Waals surface area contributed by atoms with E-state index in [0.717, 1.165) is 28.6 Å². The van der Waals surface area contributed by atoms with Crippen LogP contribution in [-0.2, 0) is 17.8 Å². The van der Waals surface area contributed by atoms with Gasteiger partial charge in [-0.25, -0.2) is 4.98 Å². The van der Waals surface area contributed by atoms with Crippen LogP contribution >= 0.6 is 11.8 Å². The van der Waals surface area contributed by atoms with Gasteiger partial charge in [0.2, 0.25) is 11.1 Å². The molecule has 1 amide bonds. The maximum atomic E-state index is 12.4. The van der Waals surface area contributed by atoms with Crippen molar-refractivity contribution in [3.8, 4) is 5.75 Å². The number of anilines is 1. The van der Waals surface area contributed by atoms with Crippen molar-refractivity contribution in [3.63, 3.8) is 0 Å². The minimum absolute atomic E-state index is 0.102. The first kappa shape index (κ1) is 20.0. The molecule has 0 atom stereocenters. The molecule has 0 saturated carbocycles. The summed E-state index contributed by atoms with van der Waals surface area (Å²) >= 11 is 1.28. The van der Waals surface area contributed by atoms with Gasteiger partial charge in [0, 0.05) is 11.1 Å². The normalized spacial score (nSPS) is 10.8. The number of hydrogen-bond acceptors (Lipinski definition) is 5. The number of aromatic amines is 1. The number of aromatic nitrogens is 3. The third-order valence-corrected chi connectivity index (χ3v) is 5.46. The fourth-order valence-electron chi connectivity index (χ4n) is 3.03. The van der Waals surface area contributed by atoms with Crippen LogP contribution < -0.4 is 10.1 Å². The lowest BCUT2D eigenvalue weighted by atomic mass is 10.1. The van der Waals surface area contributed by atoms with Gasteiger partial charge in [0.15, 0.2) is 5.82 Å². The Balaban J connectivity index is 1.29. The quantitative estimate of drug-likeness (QED) is 0.401. The number of aryl methyl sites for hydroxylation is 1. The van der Waals surface area contributed by atoms with E-state index in [0.29, 0.717) is 17.6 Å². The molecule has 7 heteroatoms. The van der Waals surface area contributed by atoms with Crippen LogP contribution in [0.25, 0.3) is 10.8 Å². The summed E-state index contributed by atoms with van der Waals surface area (Å²) in [7, 11) is 0. The van der Waals surface area contributed by atoms with Gasteiger partial charge in [-0.2, -0.15) is 0 Å². The Bertz CT molecular complexity index is 1140. The molecule has 4 aromatic rings. The molecule has 4 rings (SSSR count). The number of rotatable bonds is 8. The average Bonchev–Trinajstić information content (AvgIpc) is 3.25. The molecule has 30 heavy (non-hydrogen) atoms. The largest absolute Gasteiger partial charge is 0.486 e. The van der Waals surface area contributed by atoms with Crippen molar-refractivity contribution in [1.29, 1.82) is 0 Å². The molecule has 0 unspecified atom stereocenters. The van der Waals surface area contributed by atoms with Crippen molar-refractivity contribution in [2.45, 2.75) is 25.1 Å². The molecule has 0 radical (unpaired) electrons. The first-order valence-corrected chi connectivity index (χ1v) is 10.7. The summed E-state index contributed by atoms with van der Waals surface area (Å²) in [6, 6.07) is 21.8. The lowest BCUT2D eigenvalue weighted by molar-refractivity contribution is -0.113. The Morgan fingerprint density at radius 3 is 2.70 bits per heavy atom. The van der Waals surface area contributed by atoms with Gasteiger partial charge in [0.05, 0.1) is 5.75 Å². The maximum absolute atomic E-state index is 12.4. The molecule has 0 saturated heterocycles. The highest BCUT2D eigenvalue weighted by molar-refractivity contribution is 7.99. The second-order valence-corrected chi connectivity index (χ2v) is 7.66. The zero-order valence-electron chi connectivity index (χ0n) is 16.6. The Morgan fingerprint density at radius 2 is 1.87 bits per heavy atom. The van der Waals surface area contributed by atoms with Crippen molar-refractivity contribution in [1.82, 2.24) is 15.2 Å². The zero-order chi connectivity index (χ0) is 20.8. The zero-order valence-corrected chi connectivity index (χ0v) is 17.4. The summed E-state index contributed by atoms with van der Waals surface area (Å²) in [4.78, 5) is 16.8. The van der Waals surface area contributed by atoms with E-state index >= 15 is 0 Å². The van der Waals surface area contributed by atoms with Crippen molar-refractivity contribution >= 4 is 34.1 Å². The number of fused-ring (bicyclic) bond motifs is 1. The summed E-state index contributed by atoms with van der Waals surface area (Å²) in [5.74, 6) is 1.52. The van der Waals surface area contributed by atoms with Crippen LogP contribution in [0.1, 0.15) is 18.3 Å². The number of carbonyl (C=O) groups is 1. The number of thioether (sulfide) groups is 1. The summed E-state index contributed by atoms with van der Waals surface area (Å²) in [5, 5.41) is 12.6. The number of H-pyrrole nitrogens is 1. The highest BCUT2D eigenvalue weighted by Gasteiger charge is 2.10. The minimum Gasteiger partial charge on any atom is -0.486 e. The number of amides is 1. The molecular weight excluding hydrogens is 396 g/mol. The third-order valence-electron chi connectivity index (χ3n) is 4.61. The molecule has 152 valence electrons. The van der Waals surface area contributed by atoms with E-state index in [1.165, 1.54) is 17.3 Å². The SMILES string of the molecule is CCc1ccc(OCc2nc(SCC(=O)Nc3cccc4ccccc34)n[nH]2)cc1. The van der Waals surface area contributed by atoms with Gasteiger partial charge < -0.3 is 10.1 Å². The van der Waals surface area contributed by atoms with E-state index in [4.69, 9.17) is 4.74 Å². The van der Waals surface area contributed by atoms with Gasteiger partial charge in [-0.05, 0) is 35.6 Å². The number of nitrogens with one attached hydrogen (secondary N) is 2. The topological polar surface area (TPSA) is 79.9 Å². The number of nitrogens with zero attached hydrogens (tertiary/aromatic N) is 2. The number of carbonyl (C=O) groups excluding carboxylic acids is 1.